The third-order valence-corrected chi connectivity index (χ3v) is 6.58. The molecule has 0 bridgehead atoms. The number of likely N-dealkylation sites (N-methyl/N-ethyl adjacent to an activating group) is 1. The fourth-order valence-electron chi connectivity index (χ4n) is 4.64. The van der Waals surface area contributed by atoms with Crippen LogP contribution in [0.4, 0.5) is 17.3 Å². The first kappa shape index (κ1) is 23.6. The Morgan fingerprint density at radius 2 is 1.94 bits per heavy atom. The van der Waals surface area contributed by atoms with Gasteiger partial charge in [0.05, 0.1) is 5.69 Å². The zero-order valence-electron chi connectivity index (χ0n) is 20.8. The second kappa shape index (κ2) is 10.3. The van der Waals surface area contributed by atoms with Crippen molar-refractivity contribution in [3.63, 3.8) is 0 Å². The number of aromatic nitrogens is 3. The molecule has 1 unspecified atom stereocenters. The zero-order valence-corrected chi connectivity index (χ0v) is 20.8. The van der Waals surface area contributed by atoms with E-state index in [1.54, 1.807) is 18.6 Å². The van der Waals surface area contributed by atoms with Crippen LogP contribution in [0.25, 0.3) is 11.3 Å². The van der Waals surface area contributed by atoms with Crippen LogP contribution in [0.5, 0.6) is 0 Å². The van der Waals surface area contributed by atoms with Crippen LogP contribution in [-0.4, -0.2) is 45.9 Å². The Balaban J connectivity index is 1.34. The van der Waals surface area contributed by atoms with Gasteiger partial charge >= 0.3 is 0 Å². The lowest BCUT2D eigenvalue weighted by molar-refractivity contribution is 0.102. The van der Waals surface area contributed by atoms with Crippen molar-refractivity contribution in [1.29, 1.82) is 0 Å². The molecule has 1 aliphatic heterocycles. The van der Waals surface area contributed by atoms with Crippen molar-refractivity contribution in [3.05, 3.63) is 95.4 Å². The monoisotopic (exact) mass is 478 g/mol. The van der Waals surface area contributed by atoms with Gasteiger partial charge in [0.2, 0.25) is 5.95 Å². The second-order valence-corrected chi connectivity index (χ2v) is 9.50. The van der Waals surface area contributed by atoms with E-state index in [0.717, 1.165) is 47.6 Å². The Morgan fingerprint density at radius 1 is 1.06 bits per heavy atom. The van der Waals surface area contributed by atoms with E-state index in [2.05, 4.69) is 43.6 Å². The Labute approximate surface area is 211 Å². The second-order valence-electron chi connectivity index (χ2n) is 9.50. The molecule has 2 aromatic carbocycles. The smallest absolute Gasteiger partial charge is 0.255 e. The van der Waals surface area contributed by atoms with Crippen molar-refractivity contribution in [2.24, 2.45) is 0 Å². The lowest BCUT2D eigenvalue weighted by atomic mass is 9.94. The molecule has 0 aliphatic carbocycles. The first-order valence-corrected chi connectivity index (χ1v) is 12.2. The molecule has 3 heterocycles. The topological polar surface area (TPSA) is 83.0 Å². The Kier molecular flexibility index (Phi) is 6.73. The highest BCUT2D eigenvalue weighted by molar-refractivity contribution is 6.04. The van der Waals surface area contributed by atoms with E-state index in [1.807, 2.05) is 62.4 Å². The van der Waals surface area contributed by atoms with Gasteiger partial charge in [0, 0.05) is 47.6 Å². The summed E-state index contributed by atoms with van der Waals surface area (Å²) in [5.74, 6) is 0.836. The molecule has 7 heteroatoms. The molecule has 36 heavy (non-hydrogen) atoms. The van der Waals surface area contributed by atoms with Crippen LogP contribution in [0, 0.1) is 13.8 Å². The van der Waals surface area contributed by atoms with E-state index in [4.69, 9.17) is 0 Å². The van der Waals surface area contributed by atoms with Gasteiger partial charge in [-0.2, -0.15) is 0 Å². The van der Waals surface area contributed by atoms with E-state index < -0.39 is 0 Å². The Bertz CT molecular complexity index is 1390. The van der Waals surface area contributed by atoms with Gasteiger partial charge in [0.1, 0.15) is 0 Å². The van der Waals surface area contributed by atoms with Crippen molar-refractivity contribution < 1.29 is 4.79 Å². The number of amides is 1. The normalized spacial score (nSPS) is 15.6. The molecule has 182 valence electrons. The molecule has 1 atom stereocenters. The number of nitrogens with one attached hydrogen (secondary N) is 2. The summed E-state index contributed by atoms with van der Waals surface area (Å²) < 4.78 is 0. The number of hydrogen-bond donors (Lipinski definition) is 2. The number of pyridine rings is 1. The van der Waals surface area contributed by atoms with Crippen LogP contribution in [0.1, 0.15) is 39.4 Å². The maximum atomic E-state index is 13.2. The van der Waals surface area contributed by atoms with E-state index >= 15 is 0 Å². The van der Waals surface area contributed by atoms with E-state index in [-0.39, 0.29) is 5.91 Å². The number of likely N-dealkylation sites (tertiary alicyclic amines) is 1. The highest BCUT2D eigenvalue weighted by Crippen LogP contribution is 2.29. The summed E-state index contributed by atoms with van der Waals surface area (Å²) in [4.78, 5) is 28.7. The van der Waals surface area contributed by atoms with Gasteiger partial charge < -0.3 is 15.5 Å². The number of nitrogens with zero attached hydrogens (tertiary/aromatic N) is 4. The minimum atomic E-state index is -0.115. The van der Waals surface area contributed by atoms with Crippen molar-refractivity contribution in [2.75, 3.05) is 30.8 Å². The number of carbonyl (C=O) groups excluding carboxylic acids is 1. The third-order valence-electron chi connectivity index (χ3n) is 6.58. The zero-order chi connectivity index (χ0) is 25.1. The fourth-order valence-corrected chi connectivity index (χ4v) is 4.64. The highest BCUT2D eigenvalue weighted by atomic mass is 16.1. The van der Waals surface area contributed by atoms with Gasteiger partial charge in [-0.1, -0.05) is 17.7 Å². The molecule has 4 aromatic rings. The molecule has 7 nitrogen and oxygen atoms in total. The SMILES string of the molecule is Cc1cc(C(=O)Nc2ccc(C)c(Nc3nccc(-c4cccnc4)n3)c2)cc(C2CCN(C)C2)c1. The summed E-state index contributed by atoms with van der Waals surface area (Å²) in [6.45, 7) is 6.17. The molecule has 0 spiro atoms. The molecule has 1 aliphatic rings. The summed E-state index contributed by atoms with van der Waals surface area (Å²) in [5.41, 5.74) is 7.28. The summed E-state index contributed by atoms with van der Waals surface area (Å²) in [6.07, 6.45) is 6.35. The lowest BCUT2D eigenvalue weighted by Gasteiger charge is -2.15. The quantitative estimate of drug-likeness (QED) is 0.377. The molecule has 5 rings (SSSR count). The average Bonchev–Trinajstić information content (AvgIpc) is 3.33. The van der Waals surface area contributed by atoms with E-state index in [9.17, 15) is 4.79 Å². The number of carbonyl (C=O) groups is 1. The molecule has 0 radical (unpaired) electrons. The maximum absolute atomic E-state index is 13.2. The van der Waals surface area contributed by atoms with Gasteiger partial charge in [0.15, 0.2) is 0 Å². The lowest BCUT2D eigenvalue weighted by Crippen LogP contribution is -2.15. The largest absolute Gasteiger partial charge is 0.324 e. The van der Waals surface area contributed by atoms with Gasteiger partial charge in [0.25, 0.3) is 5.91 Å². The van der Waals surface area contributed by atoms with Crippen molar-refractivity contribution in [2.45, 2.75) is 26.2 Å². The van der Waals surface area contributed by atoms with Gasteiger partial charge in [-0.25, -0.2) is 9.97 Å². The number of rotatable bonds is 6. The molecule has 1 amide bonds. The van der Waals surface area contributed by atoms with Crippen molar-refractivity contribution in [1.82, 2.24) is 19.9 Å². The molecule has 2 N–H and O–H groups in total. The fraction of sp³-hybridized carbons (Fsp3) is 0.241. The highest BCUT2D eigenvalue weighted by Gasteiger charge is 2.22. The minimum absolute atomic E-state index is 0.115. The van der Waals surface area contributed by atoms with Crippen LogP contribution < -0.4 is 10.6 Å². The number of hydrogen-bond acceptors (Lipinski definition) is 6. The van der Waals surface area contributed by atoms with Crippen molar-refractivity contribution in [3.8, 4) is 11.3 Å². The predicted molar refractivity (Wildman–Crippen MR) is 144 cm³/mol. The molecular formula is C29H30N6O. The standard InChI is InChI=1S/C29H30N6O/c1-19-13-23(22-9-12-35(3)18-22)15-24(14-19)28(36)32-25-7-6-20(2)27(16-25)34-29-31-11-8-26(33-29)21-5-4-10-30-17-21/h4-8,10-11,13-17,22H,9,12,18H2,1-3H3,(H,32,36)(H,31,33,34). The summed E-state index contributed by atoms with van der Waals surface area (Å²) in [6, 6.07) is 17.7. The van der Waals surface area contributed by atoms with Crippen LogP contribution in [0.2, 0.25) is 0 Å². The number of aryl methyl sites for hydroxylation is 2. The third kappa shape index (κ3) is 5.42. The van der Waals surface area contributed by atoms with E-state index in [0.29, 0.717) is 23.1 Å². The van der Waals surface area contributed by atoms with E-state index in [1.165, 1.54) is 5.56 Å². The molecular weight excluding hydrogens is 448 g/mol. The predicted octanol–water partition coefficient (Wildman–Crippen LogP) is 5.57. The van der Waals surface area contributed by atoms with Gasteiger partial charge in [-0.05, 0) is 93.4 Å². The van der Waals surface area contributed by atoms with Crippen LogP contribution in [0.15, 0.2) is 73.2 Å². The number of benzene rings is 2. The first-order chi connectivity index (χ1) is 17.4. The number of anilines is 3. The Morgan fingerprint density at radius 3 is 2.72 bits per heavy atom. The minimum Gasteiger partial charge on any atom is -0.324 e. The Hall–Kier alpha value is -4.10. The average molecular weight is 479 g/mol. The van der Waals surface area contributed by atoms with Gasteiger partial charge in [-0.15, -0.1) is 0 Å². The molecule has 1 fully saturated rings. The maximum Gasteiger partial charge on any atom is 0.255 e. The molecule has 2 aromatic heterocycles. The van der Waals surface area contributed by atoms with Crippen molar-refractivity contribution >= 4 is 23.2 Å². The summed E-state index contributed by atoms with van der Waals surface area (Å²) in [5, 5.41) is 6.36. The summed E-state index contributed by atoms with van der Waals surface area (Å²) in [7, 11) is 2.15. The molecule has 1 saturated heterocycles. The summed E-state index contributed by atoms with van der Waals surface area (Å²) >= 11 is 0. The van der Waals surface area contributed by atoms with Crippen LogP contribution >= 0.6 is 0 Å². The molecule has 0 saturated carbocycles. The van der Waals surface area contributed by atoms with Gasteiger partial charge in [-0.3, -0.25) is 9.78 Å². The van der Waals surface area contributed by atoms with Crippen LogP contribution in [-0.2, 0) is 0 Å². The first-order valence-electron chi connectivity index (χ1n) is 12.2. The van der Waals surface area contributed by atoms with Crippen LogP contribution in [0.3, 0.4) is 0 Å².